The molecule has 4 rings (SSSR count). The third-order valence-corrected chi connectivity index (χ3v) is 8.28. The minimum absolute atomic E-state index is 0.0127. The van der Waals surface area contributed by atoms with E-state index in [1.54, 1.807) is 47.6 Å². The summed E-state index contributed by atoms with van der Waals surface area (Å²) in [6.07, 6.45) is 1.60. The molecule has 1 aliphatic heterocycles. The van der Waals surface area contributed by atoms with E-state index in [-0.39, 0.29) is 24.4 Å². The Labute approximate surface area is 234 Å². The maximum absolute atomic E-state index is 13.8. The summed E-state index contributed by atoms with van der Waals surface area (Å²) in [5, 5.41) is 2.76. The van der Waals surface area contributed by atoms with Gasteiger partial charge in [0.15, 0.2) is 0 Å². The molecule has 0 radical (unpaired) electrons. The Kier molecular flexibility index (Phi) is 9.34. The first kappa shape index (κ1) is 28.0. The van der Waals surface area contributed by atoms with Crippen molar-refractivity contribution in [1.82, 2.24) is 9.80 Å². The van der Waals surface area contributed by atoms with Crippen LogP contribution in [0, 0.1) is 12.8 Å². The van der Waals surface area contributed by atoms with Gasteiger partial charge in [-0.25, -0.2) is 0 Å². The van der Waals surface area contributed by atoms with Crippen LogP contribution in [-0.4, -0.2) is 55.0 Å². The normalized spacial score (nSPS) is 14.8. The predicted molar refractivity (Wildman–Crippen MR) is 153 cm³/mol. The summed E-state index contributed by atoms with van der Waals surface area (Å²) >= 11 is 7.89. The van der Waals surface area contributed by atoms with Gasteiger partial charge in [0.05, 0.1) is 13.2 Å². The Hall–Kier alpha value is -3.03. The monoisotopic (exact) mass is 554 g/mol. The van der Waals surface area contributed by atoms with Gasteiger partial charge in [0.1, 0.15) is 24.7 Å². The van der Waals surface area contributed by atoms with E-state index in [2.05, 4.69) is 25.3 Å². The number of aryl methyl sites for hydroxylation is 1. The average Bonchev–Trinajstić information content (AvgIpc) is 3.40. The molecule has 0 N–H and O–H groups in total. The second kappa shape index (κ2) is 12.7. The summed E-state index contributed by atoms with van der Waals surface area (Å²) in [6.45, 7) is 7.60. The van der Waals surface area contributed by atoms with E-state index >= 15 is 0 Å². The van der Waals surface area contributed by atoms with E-state index < -0.39 is 0 Å². The molecular formula is C30H35ClN2O4S. The highest BCUT2D eigenvalue weighted by atomic mass is 35.5. The minimum Gasteiger partial charge on any atom is -0.497 e. The number of hydrogen-bond donors (Lipinski definition) is 0. The van der Waals surface area contributed by atoms with E-state index in [0.717, 1.165) is 24.0 Å². The molecule has 0 spiro atoms. The Morgan fingerprint density at radius 2 is 1.97 bits per heavy atom. The number of carbonyl (C=O) groups excluding carboxylic acids is 2. The van der Waals surface area contributed by atoms with Crippen molar-refractivity contribution in [3.8, 4) is 11.5 Å². The average molecular weight is 555 g/mol. The number of ether oxygens (including phenoxy) is 2. The molecular weight excluding hydrogens is 520 g/mol. The first-order valence-electron chi connectivity index (χ1n) is 12.9. The number of benzene rings is 2. The van der Waals surface area contributed by atoms with Gasteiger partial charge >= 0.3 is 0 Å². The number of rotatable bonds is 10. The smallest absolute Gasteiger partial charge is 0.254 e. The zero-order valence-corrected chi connectivity index (χ0v) is 24.0. The molecule has 0 fully saturated rings. The highest BCUT2D eigenvalue weighted by Gasteiger charge is 2.33. The fourth-order valence-corrected chi connectivity index (χ4v) is 5.66. The molecule has 3 aromatic rings. The molecule has 2 heterocycles. The molecule has 1 aromatic heterocycles. The molecule has 1 aliphatic rings. The van der Waals surface area contributed by atoms with Crippen LogP contribution in [0.15, 0.2) is 53.9 Å². The van der Waals surface area contributed by atoms with Crippen molar-refractivity contribution in [2.24, 2.45) is 5.92 Å². The van der Waals surface area contributed by atoms with Crippen LogP contribution in [0.2, 0.25) is 5.02 Å². The first-order chi connectivity index (χ1) is 18.3. The summed E-state index contributed by atoms with van der Waals surface area (Å²) in [7, 11) is 1.58. The largest absolute Gasteiger partial charge is 0.497 e. The van der Waals surface area contributed by atoms with E-state index in [4.69, 9.17) is 21.1 Å². The number of methoxy groups -OCH3 is 1. The van der Waals surface area contributed by atoms with Crippen LogP contribution in [0.4, 0.5) is 0 Å². The molecule has 0 bridgehead atoms. The lowest BCUT2D eigenvalue weighted by molar-refractivity contribution is -0.135. The van der Waals surface area contributed by atoms with E-state index in [1.807, 2.05) is 30.0 Å². The Morgan fingerprint density at radius 1 is 1.16 bits per heavy atom. The van der Waals surface area contributed by atoms with Crippen molar-refractivity contribution >= 4 is 34.8 Å². The van der Waals surface area contributed by atoms with Gasteiger partial charge in [-0.1, -0.05) is 31.5 Å². The van der Waals surface area contributed by atoms with Crippen molar-refractivity contribution < 1.29 is 19.1 Å². The third-order valence-electron chi connectivity index (χ3n) is 6.86. The molecule has 6 nitrogen and oxygen atoms in total. The molecule has 2 aromatic carbocycles. The molecule has 0 saturated heterocycles. The highest BCUT2D eigenvalue weighted by Crippen LogP contribution is 2.34. The molecule has 0 saturated carbocycles. The van der Waals surface area contributed by atoms with Gasteiger partial charge in [0, 0.05) is 28.6 Å². The number of hydrogen-bond acceptors (Lipinski definition) is 5. The van der Waals surface area contributed by atoms with E-state index in [1.165, 1.54) is 4.88 Å². The number of halogens is 1. The van der Waals surface area contributed by atoms with Crippen molar-refractivity contribution in [3.05, 3.63) is 80.5 Å². The van der Waals surface area contributed by atoms with Gasteiger partial charge in [0.25, 0.3) is 5.91 Å². The summed E-state index contributed by atoms with van der Waals surface area (Å²) in [4.78, 5) is 32.1. The second-order valence-electron chi connectivity index (χ2n) is 10.0. The highest BCUT2D eigenvalue weighted by molar-refractivity contribution is 7.10. The number of nitrogens with zero attached hydrogens (tertiary/aromatic N) is 2. The molecule has 8 heteroatoms. The van der Waals surface area contributed by atoms with Crippen molar-refractivity contribution in [2.75, 3.05) is 33.4 Å². The summed E-state index contributed by atoms with van der Waals surface area (Å²) in [5.74, 6) is 1.48. The van der Waals surface area contributed by atoms with Gasteiger partial charge in [-0.15, -0.1) is 11.3 Å². The van der Waals surface area contributed by atoms with Crippen molar-refractivity contribution in [3.63, 3.8) is 0 Å². The summed E-state index contributed by atoms with van der Waals surface area (Å²) in [5.41, 5.74) is 2.57. The molecule has 0 aliphatic carbocycles. The molecule has 0 unspecified atom stereocenters. The van der Waals surface area contributed by atoms with Crippen LogP contribution in [0.1, 0.15) is 52.7 Å². The lowest BCUT2D eigenvalue weighted by Gasteiger charge is -2.37. The van der Waals surface area contributed by atoms with Gasteiger partial charge in [-0.3, -0.25) is 9.59 Å². The fourth-order valence-electron chi connectivity index (χ4n) is 4.62. The van der Waals surface area contributed by atoms with Crippen molar-refractivity contribution in [2.45, 2.75) is 39.7 Å². The van der Waals surface area contributed by atoms with Crippen LogP contribution >= 0.6 is 22.9 Å². The van der Waals surface area contributed by atoms with Crippen LogP contribution in [0.5, 0.6) is 11.5 Å². The van der Waals surface area contributed by atoms with Crippen LogP contribution in [-0.2, 0) is 11.2 Å². The van der Waals surface area contributed by atoms with Gasteiger partial charge in [0.2, 0.25) is 5.91 Å². The molecule has 38 heavy (non-hydrogen) atoms. The van der Waals surface area contributed by atoms with Crippen LogP contribution < -0.4 is 9.47 Å². The van der Waals surface area contributed by atoms with E-state index in [0.29, 0.717) is 47.7 Å². The summed E-state index contributed by atoms with van der Waals surface area (Å²) < 4.78 is 11.5. The lowest BCUT2D eigenvalue weighted by atomic mass is 10.00. The third kappa shape index (κ3) is 6.69. The quantitative estimate of drug-likeness (QED) is 0.290. The van der Waals surface area contributed by atoms with Gasteiger partial charge in [-0.05, 0) is 84.7 Å². The lowest BCUT2D eigenvalue weighted by Crippen LogP contribution is -2.48. The Balaban J connectivity index is 1.54. The Bertz CT molecular complexity index is 1270. The zero-order valence-electron chi connectivity index (χ0n) is 22.4. The topological polar surface area (TPSA) is 59.1 Å². The van der Waals surface area contributed by atoms with Crippen molar-refractivity contribution in [1.29, 1.82) is 0 Å². The fraction of sp³-hybridized carbons (Fsp3) is 0.400. The molecule has 202 valence electrons. The number of amides is 2. The maximum Gasteiger partial charge on any atom is 0.254 e. The minimum atomic E-state index is -0.229. The summed E-state index contributed by atoms with van der Waals surface area (Å²) in [6, 6.07) is 14.5. The SMILES string of the molecule is COc1cccc(C(=O)N(CCC(C)C)CC(=O)N2CCc3sccc3[C@@H]2COc2ccc(Cl)c(C)c2)c1. The van der Waals surface area contributed by atoms with Gasteiger partial charge < -0.3 is 19.3 Å². The predicted octanol–water partition coefficient (Wildman–Crippen LogP) is 6.41. The molecule has 2 amide bonds. The number of carbonyl (C=O) groups is 2. The molecule has 1 atom stereocenters. The standard InChI is InChI=1S/C30H35ClN2O4S/c1-20(2)10-13-32(30(35)22-6-5-7-23(17-22)36-4)18-29(34)33-14-11-28-25(12-15-38-28)27(33)19-37-24-8-9-26(31)21(3)16-24/h5-9,12,15-17,20,27H,10-11,13-14,18-19H2,1-4H3/t27-/m0/s1. The van der Waals surface area contributed by atoms with Gasteiger partial charge in [-0.2, -0.15) is 0 Å². The number of fused-ring (bicyclic) bond motifs is 1. The van der Waals surface area contributed by atoms with Crippen LogP contribution in [0.3, 0.4) is 0 Å². The van der Waals surface area contributed by atoms with E-state index in [9.17, 15) is 9.59 Å². The zero-order chi connectivity index (χ0) is 27.2. The second-order valence-corrected chi connectivity index (χ2v) is 11.4. The maximum atomic E-state index is 13.8. The number of thiophene rings is 1. The Morgan fingerprint density at radius 3 is 2.71 bits per heavy atom. The van der Waals surface area contributed by atoms with Crippen LogP contribution in [0.25, 0.3) is 0 Å². The first-order valence-corrected chi connectivity index (χ1v) is 14.2.